The van der Waals surface area contributed by atoms with Gasteiger partial charge >= 0.3 is 0 Å². The van der Waals surface area contributed by atoms with Crippen LogP contribution in [0.25, 0.3) is 43.5 Å². The lowest BCUT2D eigenvalue weighted by Crippen LogP contribution is -2.37. The Balaban J connectivity index is 0.000000729. The molecule has 0 saturated carbocycles. The van der Waals surface area contributed by atoms with E-state index in [0.717, 1.165) is 70.8 Å². The fourth-order valence-corrected chi connectivity index (χ4v) is 5.76. The highest BCUT2D eigenvalue weighted by Gasteiger charge is 2.23. The van der Waals surface area contributed by atoms with Gasteiger partial charge in [-0.3, -0.25) is 14.3 Å². The van der Waals surface area contributed by atoms with Crippen molar-refractivity contribution in [3.05, 3.63) is 42.3 Å². The number of rotatable bonds is 5. The van der Waals surface area contributed by atoms with E-state index in [-0.39, 0.29) is 19.4 Å². The summed E-state index contributed by atoms with van der Waals surface area (Å²) in [6, 6.07) is 4.23. The number of nitrogens with two attached hydrogens (primary N) is 1. The van der Waals surface area contributed by atoms with Gasteiger partial charge in [-0.25, -0.2) is 9.97 Å². The molecule has 0 aromatic carbocycles. The van der Waals surface area contributed by atoms with Gasteiger partial charge in [-0.05, 0) is 25.8 Å². The zero-order valence-corrected chi connectivity index (χ0v) is 23.3. The van der Waals surface area contributed by atoms with E-state index in [4.69, 9.17) is 24.8 Å². The summed E-state index contributed by atoms with van der Waals surface area (Å²) < 4.78 is 14.9. The van der Waals surface area contributed by atoms with Gasteiger partial charge in [0.2, 0.25) is 11.8 Å². The number of pyridine rings is 2. The molecule has 0 atom stereocenters. The number of fused-ring (bicyclic) bond motifs is 2. The van der Waals surface area contributed by atoms with Crippen molar-refractivity contribution >= 4 is 50.1 Å². The zero-order valence-electron chi connectivity index (χ0n) is 22.5. The van der Waals surface area contributed by atoms with Gasteiger partial charge in [-0.1, -0.05) is 7.43 Å². The first-order valence-electron chi connectivity index (χ1n) is 12.9. The van der Waals surface area contributed by atoms with Crippen molar-refractivity contribution in [3.63, 3.8) is 0 Å². The molecule has 0 radical (unpaired) electrons. The topological polar surface area (TPSA) is 150 Å². The van der Waals surface area contributed by atoms with Crippen LogP contribution in [-0.2, 0) is 9.59 Å². The lowest BCUT2D eigenvalue weighted by molar-refractivity contribution is -0.134. The van der Waals surface area contributed by atoms with E-state index in [0.29, 0.717) is 23.9 Å². The van der Waals surface area contributed by atoms with Gasteiger partial charge in [0.05, 0.1) is 23.5 Å². The molecule has 0 aliphatic carbocycles. The Morgan fingerprint density at radius 1 is 1.12 bits per heavy atom. The van der Waals surface area contributed by atoms with Gasteiger partial charge in [-0.2, -0.15) is 5.10 Å². The molecule has 1 amide bonds. The Morgan fingerprint density at radius 2 is 1.85 bits per heavy atom. The number of piperidine rings is 1. The number of likely N-dealkylation sites (tertiary alicyclic amines) is 1. The lowest BCUT2D eigenvalue weighted by Gasteiger charge is -2.31. The van der Waals surface area contributed by atoms with Gasteiger partial charge < -0.3 is 24.9 Å². The Bertz CT molecular complexity index is 1680. The number of aromatic nitrogens is 4. The average molecular weight is 579 g/mol. The van der Waals surface area contributed by atoms with Crippen LogP contribution >= 0.6 is 11.3 Å². The monoisotopic (exact) mass is 578 g/mol. The molecule has 12 heteroatoms. The van der Waals surface area contributed by atoms with Crippen LogP contribution in [0.5, 0.6) is 5.88 Å². The van der Waals surface area contributed by atoms with Gasteiger partial charge in [0.25, 0.3) is 5.97 Å². The largest absolute Gasteiger partial charge is 0.481 e. The third-order valence-corrected chi connectivity index (χ3v) is 7.71. The number of carbonyl (C=O) groups excluding carboxylic acids is 1. The number of hydrogen-bond donors (Lipinski definition) is 2. The van der Waals surface area contributed by atoms with Crippen molar-refractivity contribution in [2.75, 3.05) is 25.4 Å². The first kappa shape index (κ1) is 29.5. The third kappa shape index (κ3) is 6.17. The van der Waals surface area contributed by atoms with Crippen LogP contribution in [0.1, 0.15) is 47.1 Å². The van der Waals surface area contributed by atoms with E-state index in [1.54, 1.807) is 24.5 Å². The van der Waals surface area contributed by atoms with Crippen molar-refractivity contribution in [2.24, 2.45) is 0 Å². The van der Waals surface area contributed by atoms with Crippen molar-refractivity contribution in [1.82, 2.24) is 24.6 Å². The number of amides is 1. The summed E-state index contributed by atoms with van der Waals surface area (Å²) in [6.45, 7) is 6.70. The quantitative estimate of drug-likeness (QED) is 0.261. The second-order valence-electron chi connectivity index (χ2n) is 9.48. The number of carboxylic acid groups (broad SMARTS) is 1. The lowest BCUT2D eigenvalue weighted by atomic mass is 10.0. The summed E-state index contributed by atoms with van der Waals surface area (Å²) in [4.78, 5) is 31.3. The molecule has 5 aromatic rings. The van der Waals surface area contributed by atoms with Crippen molar-refractivity contribution in [2.45, 2.75) is 47.1 Å². The minimum Gasteiger partial charge on any atom is -0.481 e. The first-order valence-corrected chi connectivity index (χ1v) is 13.8. The van der Waals surface area contributed by atoms with Crippen LogP contribution in [-0.4, -0.2) is 61.3 Å². The molecule has 1 aliphatic rings. The highest BCUT2D eigenvalue weighted by molar-refractivity contribution is 7.17. The van der Waals surface area contributed by atoms with E-state index < -0.39 is 5.97 Å². The Kier molecular flexibility index (Phi) is 8.92. The minimum atomic E-state index is -0.833. The van der Waals surface area contributed by atoms with Gasteiger partial charge in [0, 0.05) is 84.4 Å². The molecule has 0 spiro atoms. The van der Waals surface area contributed by atoms with Crippen molar-refractivity contribution in [1.29, 1.82) is 0 Å². The highest BCUT2D eigenvalue weighted by Crippen LogP contribution is 2.41. The SMILES string of the molecule is C.CC(=O)O.CCOc1cc2c(-c3cc4c(-c5cnn(C6CCN(C(C)=O)CC6)c5)cnc(N)c4o3)csc2cn1. The molecular weight excluding hydrogens is 544 g/mol. The van der Waals surface area contributed by atoms with Gasteiger partial charge in [0.1, 0.15) is 5.76 Å². The van der Waals surface area contributed by atoms with Crippen LogP contribution < -0.4 is 10.5 Å². The van der Waals surface area contributed by atoms with E-state index in [9.17, 15) is 4.79 Å². The fourth-order valence-electron chi connectivity index (χ4n) is 4.86. The van der Waals surface area contributed by atoms with Gasteiger partial charge in [0.15, 0.2) is 11.4 Å². The van der Waals surface area contributed by atoms with Crippen LogP contribution in [0.15, 0.2) is 46.7 Å². The molecule has 1 aliphatic heterocycles. The normalized spacial score (nSPS) is 13.5. The number of hydrogen-bond acceptors (Lipinski definition) is 9. The highest BCUT2D eigenvalue weighted by atomic mass is 32.1. The summed E-state index contributed by atoms with van der Waals surface area (Å²) >= 11 is 1.61. The second kappa shape index (κ2) is 12.4. The molecule has 5 aromatic heterocycles. The number of carboxylic acids is 1. The predicted octanol–water partition coefficient (Wildman–Crippen LogP) is 5.86. The maximum atomic E-state index is 11.7. The molecule has 0 unspecified atom stereocenters. The van der Waals surface area contributed by atoms with Crippen LogP contribution in [0, 0.1) is 0 Å². The number of ether oxygens (including phenoxy) is 1. The number of nitrogen functional groups attached to an aromatic ring is 1. The summed E-state index contributed by atoms with van der Waals surface area (Å²) in [5.74, 6) is 0.948. The summed E-state index contributed by atoms with van der Waals surface area (Å²) in [6.07, 6.45) is 9.28. The molecule has 41 heavy (non-hydrogen) atoms. The smallest absolute Gasteiger partial charge is 0.300 e. The van der Waals surface area contributed by atoms with Crippen molar-refractivity contribution in [3.8, 4) is 28.3 Å². The molecule has 6 heterocycles. The van der Waals surface area contributed by atoms with Crippen molar-refractivity contribution < 1.29 is 23.8 Å². The molecule has 6 rings (SSSR count). The fraction of sp³-hybridized carbons (Fsp3) is 0.345. The molecular formula is C29H34N6O5S. The van der Waals surface area contributed by atoms with Crippen LogP contribution in [0.3, 0.4) is 0 Å². The zero-order chi connectivity index (χ0) is 28.4. The molecule has 216 valence electrons. The number of furan rings is 1. The third-order valence-electron chi connectivity index (χ3n) is 6.78. The molecule has 3 N–H and O–H groups in total. The maximum absolute atomic E-state index is 11.7. The summed E-state index contributed by atoms with van der Waals surface area (Å²) in [7, 11) is 0. The minimum absolute atomic E-state index is 0. The van der Waals surface area contributed by atoms with E-state index in [1.807, 2.05) is 47.2 Å². The Hall–Kier alpha value is -4.45. The molecule has 1 fully saturated rings. The van der Waals surface area contributed by atoms with E-state index in [2.05, 4.69) is 20.4 Å². The summed E-state index contributed by atoms with van der Waals surface area (Å²) in [5.41, 5.74) is 9.61. The van der Waals surface area contributed by atoms with Gasteiger partial charge in [-0.15, -0.1) is 11.3 Å². The number of nitrogens with zero attached hydrogens (tertiary/aromatic N) is 5. The van der Waals surface area contributed by atoms with E-state index in [1.165, 1.54) is 0 Å². The number of carbonyl (C=O) groups is 2. The number of anilines is 1. The predicted molar refractivity (Wildman–Crippen MR) is 160 cm³/mol. The Morgan fingerprint density at radius 3 is 2.54 bits per heavy atom. The number of aliphatic carboxylic acids is 1. The molecule has 0 bridgehead atoms. The molecule has 1 saturated heterocycles. The van der Waals surface area contributed by atoms with E-state index >= 15 is 0 Å². The first-order chi connectivity index (χ1) is 19.2. The standard InChI is InChI=1S/C26H26N6O3S.C2H4O2.CH4/c1-3-34-24-9-18-21(14-36-23(18)12-28-24)22-8-19-20(11-29-26(27)25(19)35-22)16-10-30-32(13-16)17-4-6-31(7-5-17)15(2)33;1-2(3)4;/h8-14,17H,3-7H2,1-2H3,(H2,27,29);1H3,(H,3,4);1H4. The van der Waals surface area contributed by atoms with Crippen LogP contribution in [0.4, 0.5) is 5.82 Å². The average Bonchev–Trinajstić information content (AvgIpc) is 3.67. The maximum Gasteiger partial charge on any atom is 0.300 e. The Labute approximate surface area is 241 Å². The van der Waals surface area contributed by atoms with Crippen LogP contribution in [0.2, 0.25) is 0 Å². The summed E-state index contributed by atoms with van der Waals surface area (Å²) in [5, 5.41) is 16.0. The molecule has 11 nitrogen and oxygen atoms in total. The second-order valence-corrected chi connectivity index (χ2v) is 10.4. The number of thiophene rings is 1.